The van der Waals surface area contributed by atoms with Gasteiger partial charge in [0.05, 0.1) is 0 Å². The first kappa shape index (κ1) is 7.80. The molecule has 6 heteroatoms. The molecule has 0 unspecified atom stereocenters. The lowest BCUT2D eigenvalue weighted by molar-refractivity contribution is 0.487. The van der Waals surface area contributed by atoms with E-state index < -0.39 is 16.9 Å². The summed E-state index contributed by atoms with van der Waals surface area (Å²) in [5, 5.41) is 4.42. The minimum Gasteiger partial charge on any atom is -0.250 e. The number of hydrogen-bond donors (Lipinski definition) is 2. The largest absolute Gasteiger partial charge is 0.274 e. The van der Waals surface area contributed by atoms with Gasteiger partial charge in [-0.2, -0.15) is 13.1 Å². The van der Waals surface area contributed by atoms with Gasteiger partial charge in [-0.15, -0.1) is 0 Å². The van der Waals surface area contributed by atoms with Crippen molar-refractivity contribution >= 4 is 10.2 Å². The van der Waals surface area contributed by atoms with Crippen molar-refractivity contribution in [3.05, 3.63) is 0 Å². The first-order valence-corrected chi connectivity index (χ1v) is 3.44. The molecule has 0 saturated heterocycles. The molecule has 3 N–H and O–H groups in total. The maximum atomic E-state index is 11.1. The summed E-state index contributed by atoms with van der Waals surface area (Å²) < 4.78 is 32.7. The Bertz CT molecular complexity index is 142. The molecule has 0 fully saturated rings. The van der Waals surface area contributed by atoms with Crippen LogP contribution in [0.3, 0.4) is 0 Å². The average molecular weight is 142 g/mol. The third kappa shape index (κ3) is 5.80. The summed E-state index contributed by atoms with van der Waals surface area (Å²) in [7, 11) is -3.68. The third-order valence-corrected chi connectivity index (χ3v) is 1.00. The summed E-state index contributed by atoms with van der Waals surface area (Å²) in [6.07, 6.45) is 0. The van der Waals surface area contributed by atoms with Crippen LogP contribution in [0.2, 0.25) is 0 Å². The Morgan fingerprint density at radius 3 is 2.25 bits per heavy atom. The molecular weight excluding hydrogens is 135 g/mol. The van der Waals surface area contributed by atoms with Crippen LogP contribution < -0.4 is 9.86 Å². The zero-order valence-electron chi connectivity index (χ0n) is 4.09. The Morgan fingerprint density at radius 1 is 1.62 bits per heavy atom. The second kappa shape index (κ2) is 2.95. The molecule has 0 radical (unpaired) electrons. The highest BCUT2D eigenvalue weighted by Gasteiger charge is 1.96. The first-order chi connectivity index (χ1) is 3.56. The highest BCUT2D eigenvalue weighted by Crippen LogP contribution is 1.66. The number of alkyl halides is 1. The second-order valence-electron chi connectivity index (χ2n) is 1.13. The summed E-state index contributed by atoms with van der Waals surface area (Å²) in [4.78, 5) is 0. The van der Waals surface area contributed by atoms with E-state index in [4.69, 9.17) is 0 Å². The Morgan fingerprint density at radius 2 is 2.12 bits per heavy atom. The summed E-state index contributed by atoms with van der Waals surface area (Å²) in [6, 6.07) is 0. The van der Waals surface area contributed by atoms with Gasteiger partial charge in [-0.1, -0.05) is 0 Å². The van der Waals surface area contributed by atoms with Gasteiger partial charge in [0, 0.05) is 6.54 Å². The number of nitrogens with one attached hydrogen (secondary N) is 1. The van der Waals surface area contributed by atoms with Crippen LogP contribution in [-0.4, -0.2) is 21.6 Å². The van der Waals surface area contributed by atoms with E-state index in [1.165, 1.54) is 0 Å². The van der Waals surface area contributed by atoms with Crippen molar-refractivity contribution in [1.82, 2.24) is 4.72 Å². The molecule has 0 aliphatic carbocycles. The molecule has 0 saturated carbocycles. The fourth-order valence-corrected chi connectivity index (χ4v) is 0.543. The molecular formula is C2H7FN2O2S. The number of rotatable bonds is 3. The summed E-state index contributed by atoms with van der Waals surface area (Å²) >= 11 is 0. The molecule has 0 rings (SSSR count). The molecule has 0 bridgehead atoms. The number of nitrogens with two attached hydrogens (primary N) is 1. The van der Waals surface area contributed by atoms with Crippen LogP contribution >= 0.6 is 0 Å². The molecule has 0 amide bonds. The van der Waals surface area contributed by atoms with Gasteiger partial charge >= 0.3 is 0 Å². The van der Waals surface area contributed by atoms with E-state index in [1.807, 2.05) is 0 Å². The fraction of sp³-hybridized carbons (Fsp3) is 1.00. The van der Waals surface area contributed by atoms with Gasteiger partial charge in [0.1, 0.15) is 6.67 Å². The minimum absolute atomic E-state index is 0.251. The van der Waals surface area contributed by atoms with Crippen LogP contribution in [0.4, 0.5) is 4.39 Å². The van der Waals surface area contributed by atoms with E-state index in [0.717, 1.165) is 0 Å². The molecule has 0 aliphatic heterocycles. The van der Waals surface area contributed by atoms with E-state index >= 15 is 0 Å². The van der Waals surface area contributed by atoms with E-state index in [9.17, 15) is 12.8 Å². The van der Waals surface area contributed by atoms with E-state index in [2.05, 4.69) is 5.14 Å². The second-order valence-corrected chi connectivity index (χ2v) is 2.51. The third-order valence-electron chi connectivity index (χ3n) is 0.398. The molecule has 0 aromatic rings. The summed E-state index contributed by atoms with van der Waals surface area (Å²) in [5.74, 6) is 0. The van der Waals surface area contributed by atoms with Crippen LogP contribution in [0.25, 0.3) is 0 Å². The lowest BCUT2D eigenvalue weighted by Crippen LogP contribution is -2.32. The number of halogens is 1. The normalized spacial score (nSPS) is 11.8. The summed E-state index contributed by atoms with van der Waals surface area (Å²) in [6.45, 7) is -0.991. The van der Waals surface area contributed by atoms with Crippen molar-refractivity contribution in [3.8, 4) is 0 Å². The van der Waals surface area contributed by atoms with Crippen LogP contribution in [0.15, 0.2) is 0 Å². The maximum absolute atomic E-state index is 11.1. The highest BCUT2D eigenvalue weighted by molar-refractivity contribution is 7.87. The fourth-order valence-electron chi connectivity index (χ4n) is 0.181. The zero-order valence-corrected chi connectivity index (χ0v) is 4.91. The first-order valence-electron chi connectivity index (χ1n) is 1.89. The smallest absolute Gasteiger partial charge is 0.250 e. The van der Waals surface area contributed by atoms with E-state index in [-0.39, 0.29) is 6.54 Å². The lowest BCUT2D eigenvalue weighted by atomic mass is 10.8. The van der Waals surface area contributed by atoms with Crippen molar-refractivity contribution in [2.45, 2.75) is 0 Å². The van der Waals surface area contributed by atoms with Crippen molar-refractivity contribution < 1.29 is 12.8 Å². The van der Waals surface area contributed by atoms with E-state index in [0.29, 0.717) is 0 Å². The molecule has 0 aliphatic rings. The summed E-state index contributed by atoms with van der Waals surface area (Å²) in [5.41, 5.74) is 0. The van der Waals surface area contributed by atoms with Gasteiger partial charge in [-0.25, -0.2) is 9.53 Å². The zero-order chi connectivity index (χ0) is 6.62. The molecule has 50 valence electrons. The Balaban J connectivity index is 3.42. The SMILES string of the molecule is NS(=O)(=O)NCCF. The Kier molecular flexibility index (Phi) is 2.88. The quantitative estimate of drug-likeness (QED) is 0.516. The van der Waals surface area contributed by atoms with Crippen LogP contribution in [0.5, 0.6) is 0 Å². The van der Waals surface area contributed by atoms with Crippen LogP contribution in [0, 0.1) is 0 Å². The minimum atomic E-state index is -3.68. The van der Waals surface area contributed by atoms with Gasteiger partial charge in [0.25, 0.3) is 10.2 Å². The van der Waals surface area contributed by atoms with Crippen molar-refractivity contribution in [1.29, 1.82) is 0 Å². The highest BCUT2D eigenvalue weighted by atomic mass is 32.2. The predicted molar refractivity (Wildman–Crippen MR) is 27.1 cm³/mol. The molecule has 4 nitrogen and oxygen atoms in total. The number of hydrogen-bond acceptors (Lipinski definition) is 2. The van der Waals surface area contributed by atoms with Gasteiger partial charge in [-0.3, -0.25) is 0 Å². The van der Waals surface area contributed by atoms with Crippen LogP contribution in [0.1, 0.15) is 0 Å². The standard InChI is InChI=1S/C2H7FN2O2S/c3-1-2-5-8(4,6)7/h5H,1-2H2,(H2,4,6,7). The average Bonchev–Trinajstić information content (AvgIpc) is 1.59. The van der Waals surface area contributed by atoms with Gasteiger partial charge in [0.2, 0.25) is 0 Å². The lowest BCUT2D eigenvalue weighted by Gasteiger charge is -1.93. The van der Waals surface area contributed by atoms with Crippen LogP contribution in [-0.2, 0) is 10.2 Å². The molecule has 0 atom stereocenters. The van der Waals surface area contributed by atoms with E-state index in [1.54, 1.807) is 4.72 Å². The van der Waals surface area contributed by atoms with Crippen molar-refractivity contribution in [2.24, 2.45) is 5.14 Å². The molecule has 8 heavy (non-hydrogen) atoms. The van der Waals surface area contributed by atoms with Gasteiger partial charge in [0.15, 0.2) is 0 Å². The predicted octanol–water partition coefficient (Wildman–Crippen LogP) is -1.25. The maximum Gasteiger partial charge on any atom is 0.274 e. The van der Waals surface area contributed by atoms with Gasteiger partial charge < -0.3 is 0 Å². The van der Waals surface area contributed by atoms with Gasteiger partial charge in [-0.05, 0) is 0 Å². The Labute approximate surface area is 47.1 Å². The molecule has 0 aromatic heterocycles. The van der Waals surface area contributed by atoms with Crippen molar-refractivity contribution in [3.63, 3.8) is 0 Å². The topological polar surface area (TPSA) is 72.2 Å². The molecule has 0 spiro atoms. The molecule has 0 heterocycles. The van der Waals surface area contributed by atoms with Crippen molar-refractivity contribution in [2.75, 3.05) is 13.2 Å². The monoisotopic (exact) mass is 142 g/mol. The molecule has 0 aromatic carbocycles. The Hall–Kier alpha value is -0.200.